The van der Waals surface area contributed by atoms with E-state index < -0.39 is 0 Å². The fourth-order valence-corrected chi connectivity index (χ4v) is 5.21. The van der Waals surface area contributed by atoms with Gasteiger partial charge in [-0.3, -0.25) is 9.36 Å². The topological polar surface area (TPSA) is 108 Å². The van der Waals surface area contributed by atoms with Crippen molar-refractivity contribution in [2.75, 3.05) is 45.4 Å². The van der Waals surface area contributed by atoms with Crippen LogP contribution >= 0.6 is 11.6 Å². The molecule has 1 aliphatic rings. The highest BCUT2D eigenvalue weighted by atomic mass is 35.5. The van der Waals surface area contributed by atoms with Gasteiger partial charge in [0.15, 0.2) is 0 Å². The summed E-state index contributed by atoms with van der Waals surface area (Å²) < 4.78 is 12.6. The summed E-state index contributed by atoms with van der Waals surface area (Å²) in [4.78, 5) is 25.8. The van der Waals surface area contributed by atoms with Gasteiger partial charge in [-0.25, -0.2) is 4.98 Å². The molecule has 3 heterocycles. The zero-order valence-electron chi connectivity index (χ0n) is 22.4. The average molecular weight is 549 g/mol. The van der Waals surface area contributed by atoms with Crippen LogP contribution in [0.4, 0.5) is 11.6 Å². The molecule has 0 unspecified atom stereocenters. The lowest BCUT2D eigenvalue weighted by molar-refractivity contribution is 0.263. The largest absolute Gasteiger partial charge is 0.497 e. The molecule has 39 heavy (non-hydrogen) atoms. The van der Waals surface area contributed by atoms with Gasteiger partial charge in [0.2, 0.25) is 5.95 Å². The molecule has 0 aliphatic carbocycles. The molecule has 1 aliphatic heterocycles. The van der Waals surface area contributed by atoms with Crippen molar-refractivity contribution in [3.05, 3.63) is 69.6 Å². The van der Waals surface area contributed by atoms with Crippen LogP contribution in [0.15, 0.2) is 53.5 Å². The number of anilines is 2. The maximum absolute atomic E-state index is 14.1. The summed E-state index contributed by atoms with van der Waals surface area (Å²) >= 11 is 6.69. The molecule has 204 valence electrons. The Hall–Kier alpha value is -3.82. The highest BCUT2D eigenvalue weighted by molar-refractivity contribution is 6.35. The number of benzene rings is 2. The predicted octanol–water partition coefficient (Wildman–Crippen LogP) is 4.46. The van der Waals surface area contributed by atoms with Crippen molar-refractivity contribution in [2.24, 2.45) is 0 Å². The van der Waals surface area contributed by atoms with Crippen LogP contribution in [0.5, 0.6) is 11.5 Å². The third-order valence-electron chi connectivity index (χ3n) is 7.24. The number of fused-ring (bicyclic) bond motifs is 1. The van der Waals surface area contributed by atoms with Gasteiger partial charge in [-0.2, -0.15) is 4.98 Å². The predicted molar refractivity (Wildman–Crippen MR) is 156 cm³/mol. The van der Waals surface area contributed by atoms with E-state index in [9.17, 15) is 4.79 Å². The lowest BCUT2D eigenvalue weighted by Crippen LogP contribution is -2.37. The van der Waals surface area contributed by atoms with E-state index in [1.807, 2.05) is 24.3 Å². The standard InChI is InChI=1S/C29H33ClN6O3/c1-35-11-9-21(10-12-35)33-29-32-17-19-14-24(23-15-22(38-2)16-25(39-3)26(23)30)28(37)36(27(19)34-29)13-8-18-4-6-20(31)7-5-18/h4-7,14-17,21H,8-13,31H2,1-3H3,(H,32,33,34). The van der Waals surface area contributed by atoms with Crippen molar-refractivity contribution in [3.63, 3.8) is 0 Å². The van der Waals surface area contributed by atoms with Gasteiger partial charge in [-0.15, -0.1) is 0 Å². The van der Waals surface area contributed by atoms with Gasteiger partial charge in [-0.1, -0.05) is 23.7 Å². The van der Waals surface area contributed by atoms with Gasteiger partial charge >= 0.3 is 0 Å². The molecule has 1 saturated heterocycles. The fraction of sp³-hybridized carbons (Fsp3) is 0.345. The van der Waals surface area contributed by atoms with E-state index in [0.717, 1.165) is 36.9 Å². The Bertz CT molecular complexity index is 1530. The zero-order valence-corrected chi connectivity index (χ0v) is 23.2. The fourth-order valence-electron chi connectivity index (χ4n) is 4.92. The van der Waals surface area contributed by atoms with E-state index in [0.29, 0.717) is 57.9 Å². The number of methoxy groups -OCH3 is 2. The summed E-state index contributed by atoms with van der Waals surface area (Å²) in [5.74, 6) is 1.48. The van der Waals surface area contributed by atoms with E-state index in [4.69, 9.17) is 31.8 Å². The summed E-state index contributed by atoms with van der Waals surface area (Å²) in [7, 11) is 5.22. The van der Waals surface area contributed by atoms with E-state index in [-0.39, 0.29) is 11.6 Å². The molecule has 4 aromatic rings. The average Bonchev–Trinajstić information content (AvgIpc) is 2.95. The van der Waals surface area contributed by atoms with Gasteiger partial charge in [0.25, 0.3) is 5.56 Å². The monoisotopic (exact) mass is 548 g/mol. The molecule has 0 bridgehead atoms. The smallest absolute Gasteiger partial charge is 0.260 e. The maximum Gasteiger partial charge on any atom is 0.260 e. The van der Waals surface area contributed by atoms with Crippen molar-refractivity contribution in [1.29, 1.82) is 0 Å². The zero-order chi connectivity index (χ0) is 27.5. The van der Waals surface area contributed by atoms with E-state index in [1.54, 1.807) is 36.1 Å². The summed E-state index contributed by atoms with van der Waals surface area (Å²) in [5, 5.41) is 4.54. The van der Waals surface area contributed by atoms with Gasteiger partial charge in [-0.05, 0) is 69.2 Å². The Labute approximate surface area is 232 Å². The Morgan fingerprint density at radius 1 is 1.08 bits per heavy atom. The Morgan fingerprint density at radius 2 is 1.82 bits per heavy atom. The summed E-state index contributed by atoms with van der Waals surface area (Å²) in [6, 6.07) is 13.2. The van der Waals surface area contributed by atoms with Gasteiger partial charge < -0.3 is 25.4 Å². The molecule has 0 spiro atoms. The van der Waals surface area contributed by atoms with Gasteiger partial charge in [0.05, 0.1) is 19.2 Å². The second-order valence-electron chi connectivity index (χ2n) is 9.89. The number of nitrogens with zero attached hydrogens (tertiary/aromatic N) is 4. The number of hydrogen-bond acceptors (Lipinski definition) is 8. The molecular weight excluding hydrogens is 516 g/mol. The minimum absolute atomic E-state index is 0.209. The molecule has 2 aromatic carbocycles. The second-order valence-corrected chi connectivity index (χ2v) is 10.3. The van der Waals surface area contributed by atoms with Crippen LogP contribution in [0.1, 0.15) is 18.4 Å². The van der Waals surface area contributed by atoms with Crippen LogP contribution in [0.2, 0.25) is 5.02 Å². The first-order valence-corrected chi connectivity index (χ1v) is 13.4. The number of likely N-dealkylation sites (tertiary alicyclic amines) is 1. The van der Waals surface area contributed by atoms with Gasteiger partial charge in [0.1, 0.15) is 17.1 Å². The quantitative estimate of drug-likeness (QED) is 0.311. The van der Waals surface area contributed by atoms with Crippen molar-refractivity contribution in [1.82, 2.24) is 19.4 Å². The molecule has 0 amide bonds. The Kier molecular flexibility index (Phi) is 7.90. The first-order chi connectivity index (χ1) is 18.9. The molecule has 5 rings (SSSR count). The number of aryl methyl sites for hydroxylation is 2. The summed E-state index contributed by atoms with van der Waals surface area (Å²) in [5.41, 5.74) is 8.92. The highest BCUT2D eigenvalue weighted by Crippen LogP contribution is 2.38. The lowest BCUT2D eigenvalue weighted by Gasteiger charge is -2.29. The Balaban J connectivity index is 1.60. The maximum atomic E-state index is 14.1. The molecule has 0 atom stereocenters. The minimum atomic E-state index is -0.209. The normalized spacial score (nSPS) is 14.5. The van der Waals surface area contributed by atoms with Crippen LogP contribution in [0, 0.1) is 0 Å². The number of ether oxygens (including phenoxy) is 2. The molecule has 3 N–H and O–H groups in total. The van der Waals surface area contributed by atoms with E-state index in [1.165, 1.54) is 7.11 Å². The molecule has 2 aromatic heterocycles. The van der Waals surface area contributed by atoms with Crippen LogP contribution in [0.25, 0.3) is 22.2 Å². The first kappa shape index (κ1) is 26.8. The van der Waals surface area contributed by atoms with Gasteiger partial charge in [0, 0.05) is 47.1 Å². The number of nitrogens with two attached hydrogens (primary N) is 1. The van der Waals surface area contributed by atoms with Crippen LogP contribution in [-0.2, 0) is 13.0 Å². The number of halogens is 1. The number of nitrogen functional groups attached to an aromatic ring is 1. The number of pyridine rings is 1. The molecule has 0 radical (unpaired) electrons. The van der Waals surface area contributed by atoms with Crippen molar-refractivity contribution < 1.29 is 9.47 Å². The van der Waals surface area contributed by atoms with Crippen molar-refractivity contribution >= 4 is 34.3 Å². The van der Waals surface area contributed by atoms with Crippen molar-refractivity contribution in [3.8, 4) is 22.6 Å². The number of hydrogen-bond donors (Lipinski definition) is 2. The third-order valence-corrected chi connectivity index (χ3v) is 7.63. The van der Waals surface area contributed by atoms with Crippen LogP contribution < -0.4 is 26.1 Å². The molecule has 1 fully saturated rings. The Morgan fingerprint density at radius 3 is 2.51 bits per heavy atom. The first-order valence-electron chi connectivity index (χ1n) is 13.0. The number of aromatic nitrogens is 3. The molecule has 0 saturated carbocycles. The SMILES string of the molecule is COc1cc(OC)c(Cl)c(-c2cc3cnc(NC4CCN(C)CC4)nc3n(CCc3ccc(N)cc3)c2=O)c1. The summed E-state index contributed by atoms with van der Waals surface area (Å²) in [6.45, 7) is 2.45. The molecule has 10 heteroatoms. The number of rotatable bonds is 8. The lowest BCUT2D eigenvalue weighted by atomic mass is 10.0. The van der Waals surface area contributed by atoms with Crippen LogP contribution in [-0.4, -0.2) is 59.8 Å². The van der Waals surface area contributed by atoms with E-state index in [2.05, 4.69) is 22.2 Å². The highest BCUT2D eigenvalue weighted by Gasteiger charge is 2.21. The number of nitrogens with one attached hydrogen (secondary N) is 1. The van der Waals surface area contributed by atoms with Crippen LogP contribution in [0.3, 0.4) is 0 Å². The number of piperidine rings is 1. The third kappa shape index (κ3) is 5.79. The molecular formula is C29H33ClN6O3. The second kappa shape index (κ2) is 11.5. The summed E-state index contributed by atoms with van der Waals surface area (Å²) in [6.07, 6.45) is 4.40. The minimum Gasteiger partial charge on any atom is -0.497 e. The molecule has 9 nitrogen and oxygen atoms in total. The van der Waals surface area contributed by atoms with Crippen molar-refractivity contribution in [2.45, 2.75) is 31.8 Å². The van der Waals surface area contributed by atoms with E-state index >= 15 is 0 Å².